The second-order valence-corrected chi connectivity index (χ2v) is 8.82. The minimum absolute atomic E-state index is 0.0271. The highest BCUT2D eigenvalue weighted by Gasteiger charge is 2.16. The van der Waals surface area contributed by atoms with Gasteiger partial charge in [-0.2, -0.15) is 0 Å². The second-order valence-electron chi connectivity index (χ2n) is 7.96. The highest BCUT2D eigenvalue weighted by atomic mass is 32.1. The van der Waals surface area contributed by atoms with Gasteiger partial charge in [0.25, 0.3) is 5.91 Å². The van der Waals surface area contributed by atoms with Gasteiger partial charge in [0.15, 0.2) is 10.9 Å². The van der Waals surface area contributed by atoms with E-state index in [1.165, 1.54) is 22.5 Å². The number of aromatic nitrogens is 1. The third kappa shape index (κ3) is 4.43. The van der Waals surface area contributed by atoms with E-state index in [9.17, 15) is 9.59 Å². The molecule has 0 bridgehead atoms. The monoisotopic (exact) mass is 454 g/mol. The Bertz CT molecular complexity index is 1320. The molecule has 0 unspecified atom stereocenters. The SMILES string of the molecule is COc1ccc(-c2csc(NC(=O)c3ccc(C(=O)c4ccc5c(c4)CCC5)cc3)n2)cc1. The Hall–Kier alpha value is -3.77. The topological polar surface area (TPSA) is 68.3 Å². The standard InChI is InChI=1S/C27H22N2O3S/c1-32-23-13-11-18(12-14-23)24-16-33-27(28-24)29-26(31)20-8-6-19(7-9-20)25(30)22-10-5-17-3-2-4-21(17)15-22/h5-16H,2-4H2,1H3,(H,28,29,31). The van der Waals surface area contributed by atoms with E-state index in [1.54, 1.807) is 31.4 Å². The summed E-state index contributed by atoms with van der Waals surface area (Å²) in [5.41, 5.74) is 6.09. The summed E-state index contributed by atoms with van der Waals surface area (Å²) in [4.78, 5) is 30.1. The number of ketones is 1. The third-order valence-electron chi connectivity index (χ3n) is 5.88. The van der Waals surface area contributed by atoms with Gasteiger partial charge in [-0.05, 0) is 72.9 Å². The fraction of sp³-hybridized carbons (Fsp3) is 0.148. The van der Waals surface area contributed by atoms with Crippen LogP contribution in [-0.2, 0) is 12.8 Å². The lowest BCUT2D eigenvalue weighted by Gasteiger charge is -2.06. The molecule has 5 nitrogen and oxygen atoms in total. The summed E-state index contributed by atoms with van der Waals surface area (Å²) in [5, 5.41) is 5.25. The summed E-state index contributed by atoms with van der Waals surface area (Å²) in [5.74, 6) is 0.489. The largest absolute Gasteiger partial charge is 0.497 e. The number of carbonyl (C=O) groups excluding carboxylic acids is 2. The summed E-state index contributed by atoms with van der Waals surface area (Å²) in [6, 6.07) is 20.3. The fourth-order valence-corrected chi connectivity index (χ4v) is 4.76. The van der Waals surface area contributed by atoms with Gasteiger partial charge in [0.1, 0.15) is 5.75 Å². The Morgan fingerprint density at radius 1 is 0.879 bits per heavy atom. The minimum atomic E-state index is -0.262. The predicted octanol–water partition coefficient (Wildman–Crippen LogP) is 5.79. The first kappa shape index (κ1) is 21.1. The van der Waals surface area contributed by atoms with E-state index < -0.39 is 0 Å². The molecule has 1 aliphatic carbocycles. The first-order valence-corrected chi connectivity index (χ1v) is 11.7. The molecule has 1 amide bonds. The molecule has 33 heavy (non-hydrogen) atoms. The first-order chi connectivity index (χ1) is 16.1. The zero-order chi connectivity index (χ0) is 22.8. The van der Waals surface area contributed by atoms with Crippen molar-refractivity contribution in [1.29, 1.82) is 0 Å². The maximum atomic E-state index is 12.9. The molecule has 6 heteroatoms. The van der Waals surface area contributed by atoms with Crippen LogP contribution in [0.1, 0.15) is 43.8 Å². The molecule has 0 aliphatic heterocycles. The number of ether oxygens (including phenoxy) is 1. The molecule has 1 aliphatic rings. The molecule has 0 spiro atoms. The Labute approximate surface area is 196 Å². The van der Waals surface area contributed by atoms with Crippen LogP contribution >= 0.6 is 11.3 Å². The van der Waals surface area contributed by atoms with Crippen molar-refractivity contribution in [3.63, 3.8) is 0 Å². The van der Waals surface area contributed by atoms with Crippen LogP contribution in [0.3, 0.4) is 0 Å². The van der Waals surface area contributed by atoms with Crippen molar-refractivity contribution in [3.05, 3.63) is 99.9 Å². The van der Waals surface area contributed by atoms with Crippen molar-refractivity contribution in [2.75, 3.05) is 12.4 Å². The van der Waals surface area contributed by atoms with E-state index in [-0.39, 0.29) is 11.7 Å². The van der Waals surface area contributed by atoms with Gasteiger partial charge >= 0.3 is 0 Å². The van der Waals surface area contributed by atoms with Crippen LogP contribution < -0.4 is 10.1 Å². The van der Waals surface area contributed by atoms with Crippen molar-refractivity contribution in [2.45, 2.75) is 19.3 Å². The number of aryl methyl sites for hydroxylation is 2. The van der Waals surface area contributed by atoms with Gasteiger partial charge in [-0.1, -0.05) is 24.3 Å². The number of rotatable bonds is 6. The number of thiazole rings is 1. The molecule has 0 saturated heterocycles. The number of methoxy groups -OCH3 is 1. The van der Waals surface area contributed by atoms with Gasteiger partial charge in [0.2, 0.25) is 0 Å². The highest BCUT2D eigenvalue weighted by molar-refractivity contribution is 7.14. The molecular formula is C27H22N2O3S. The number of fused-ring (bicyclic) bond motifs is 1. The molecule has 5 rings (SSSR count). The molecule has 0 saturated carbocycles. The highest BCUT2D eigenvalue weighted by Crippen LogP contribution is 2.27. The summed E-state index contributed by atoms with van der Waals surface area (Å²) in [7, 11) is 1.63. The zero-order valence-corrected chi connectivity index (χ0v) is 18.9. The predicted molar refractivity (Wildman–Crippen MR) is 130 cm³/mol. The molecule has 0 atom stereocenters. The van der Waals surface area contributed by atoms with Crippen LogP contribution in [0.5, 0.6) is 5.75 Å². The van der Waals surface area contributed by atoms with Crippen molar-refractivity contribution in [2.24, 2.45) is 0 Å². The van der Waals surface area contributed by atoms with Gasteiger partial charge in [-0.15, -0.1) is 11.3 Å². The normalized spacial score (nSPS) is 12.3. The van der Waals surface area contributed by atoms with Crippen LogP contribution in [0.15, 0.2) is 72.1 Å². The molecule has 3 aromatic carbocycles. The van der Waals surface area contributed by atoms with Crippen molar-refractivity contribution < 1.29 is 14.3 Å². The molecule has 0 fully saturated rings. The lowest BCUT2D eigenvalue weighted by molar-refractivity contribution is 0.102. The van der Waals surface area contributed by atoms with E-state index in [1.807, 2.05) is 41.8 Å². The fourth-order valence-electron chi connectivity index (χ4n) is 4.05. The quantitative estimate of drug-likeness (QED) is 0.375. The van der Waals surface area contributed by atoms with E-state index >= 15 is 0 Å². The van der Waals surface area contributed by atoms with E-state index in [4.69, 9.17) is 4.74 Å². The Morgan fingerprint density at radius 2 is 1.58 bits per heavy atom. The second kappa shape index (κ2) is 9.00. The van der Waals surface area contributed by atoms with Gasteiger partial charge in [-0.3, -0.25) is 14.9 Å². The summed E-state index contributed by atoms with van der Waals surface area (Å²) in [6.07, 6.45) is 3.28. The number of nitrogens with one attached hydrogen (secondary N) is 1. The van der Waals surface area contributed by atoms with Crippen molar-refractivity contribution in [3.8, 4) is 17.0 Å². The van der Waals surface area contributed by atoms with Crippen LogP contribution in [-0.4, -0.2) is 23.8 Å². The molecule has 4 aromatic rings. The molecular weight excluding hydrogens is 432 g/mol. The zero-order valence-electron chi connectivity index (χ0n) is 18.1. The number of carbonyl (C=O) groups is 2. The number of hydrogen-bond acceptors (Lipinski definition) is 5. The first-order valence-electron chi connectivity index (χ1n) is 10.8. The summed E-state index contributed by atoms with van der Waals surface area (Å²) >= 11 is 1.36. The Balaban J connectivity index is 1.26. The molecule has 1 aromatic heterocycles. The van der Waals surface area contributed by atoms with E-state index in [0.29, 0.717) is 21.8 Å². The lowest BCUT2D eigenvalue weighted by Crippen LogP contribution is -2.12. The molecule has 164 valence electrons. The van der Waals surface area contributed by atoms with Crippen molar-refractivity contribution in [1.82, 2.24) is 4.98 Å². The van der Waals surface area contributed by atoms with Crippen LogP contribution in [0, 0.1) is 0 Å². The van der Waals surface area contributed by atoms with E-state index in [2.05, 4.69) is 16.4 Å². The van der Waals surface area contributed by atoms with E-state index in [0.717, 1.165) is 36.3 Å². The number of hydrogen-bond donors (Lipinski definition) is 1. The number of amides is 1. The maximum absolute atomic E-state index is 12.9. The Kier molecular flexibility index (Phi) is 5.75. The number of benzene rings is 3. The van der Waals surface area contributed by atoms with Gasteiger partial charge < -0.3 is 4.74 Å². The van der Waals surface area contributed by atoms with Crippen molar-refractivity contribution >= 4 is 28.2 Å². The smallest absolute Gasteiger partial charge is 0.257 e. The number of nitrogens with zero attached hydrogens (tertiary/aromatic N) is 1. The molecule has 0 radical (unpaired) electrons. The molecule has 1 heterocycles. The third-order valence-corrected chi connectivity index (χ3v) is 6.64. The van der Waals surface area contributed by atoms with Gasteiger partial charge in [0, 0.05) is 27.6 Å². The number of anilines is 1. The van der Waals surface area contributed by atoms with Gasteiger partial charge in [-0.25, -0.2) is 4.98 Å². The summed E-state index contributed by atoms with van der Waals surface area (Å²) in [6.45, 7) is 0. The van der Waals surface area contributed by atoms with Crippen LogP contribution in [0.25, 0.3) is 11.3 Å². The van der Waals surface area contributed by atoms with Crippen LogP contribution in [0.4, 0.5) is 5.13 Å². The summed E-state index contributed by atoms with van der Waals surface area (Å²) < 4.78 is 5.18. The minimum Gasteiger partial charge on any atom is -0.497 e. The average Bonchev–Trinajstić information content (AvgIpc) is 3.53. The Morgan fingerprint density at radius 3 is 2.33 bits per heavy atom. The molecule has 1 N–H and O–H groups in total. The van der Waals surface area contributed by atoms with Crippen LogP contribution in [0.2, 0.25) is 0 Å². The lowest BCUT2D eigenvalue weighted by atomic mass is 9.98. The average molecular weight is 455 g/mol. The maximum Gasteiger partial charge on any atom is 0.257 e. The van der Waals surface area contributed by atoms with Gasteiger partial charge in [0.05, 0.1) is 12.8 Å².